The number of benzene rings is 2. The lowest BCUT2D eigenvalue weighted by Gasteiger charge is -2.49. The van der Waals surface area contributed by atoms with Crippen LogP contribution in [-0.4, -0.2) is 55.0 Å². The number of piperidine rings is 1. The molecule has 3 heterocycles. The molecule has 2 aromatic carbocycles. The standard InChI is InChI=1S/C31H40BrN3O/c1-34-19-25-16-26(32)12-13-27(25)31(21-34)20-33-18-28(31)30(36)35-15-14-24(22-8-4-2-5-9-22)17-29(35)23-10-6-3-7-11-23/h2,4-5,8-9,12-13,16,23-24,28-29,33H,3,6-7,10-11,14-15,17-21H2,1H3. The van der Waals surface area contributed by atoms with Crippen LogP contribution in [0.3, 0.4) is 0 Å². The first-order valence-electron chi connectivity index (χ1n) is 14.1. The van der Waals surface area contributed by atoms with Crippen molar-refractivity contribution in [2.75, 3.05) is 33.2 Å². The summed E-state index contributed by atoms with van der Waals surface area (Å²) in [5.41, 5.74) is 4.07. The van der Waals surface area contributed by atoms with Crippen molar-refractivity contribution in [2.24, 2.45) is 11.8 Å². The van der Waals surface area contributed by atoms with Gasteiger partial charge in [0, 0.05) is 48.7 Å². The highest BCUT2D eigenvalue weighted by Crippen LogP contribution is 2.45. The number of carbonyl (C=O) groups is 1. The van der Waals surface area contributed by atoms with Crippen LogP contribution < -0.4 is 5.32 Å². The fourth-order valence-electron chi connectivity index (χ4n) is 8.09. The third-order valence-corrected chi connectivity index (χ3v) is 10.2. The van der Waals surface area contributed by atoms with Crippen molar-refractivity contribution in [3.8, 4) is 0 Å². The van der Waals surface area contributed by atoms with Gasteiger partial charge in [0.15, 0.2) is 0 Å². The number of hydrogen-bond acceptors (Lipinski definition) is 3. The maximum absolute atomic E-state index is 14.6. The molecule has 1 N–H and O–H groups in total. The Morgan fingerprint density at radius 2 is 1.86 bits per heavy atom. The average molecular weight is 551 g/mol. The molecule has 4 aliphatic rings. The summed E-state index contributed by atoms with van der Waals surface area (Å²) in [5, 5.41) is 3.67. The molecule has 1 aliphatic carbocycles. The van der Waals surface area contributed by atoms with Crippen molar-refractivity contribution < 1.29 is 4.79 Å². The molecule has 3 fully saturated rings. The minimum Gasteiger partial charge on any atom is -0.339 e. The smallest absolute Gasteiger partial charge is 0.228 e. The van der Waals surface area contributed by atoms with Crippen molar-refractivity contribution in [2.45, 2.75) is 68.9 Å². The van der Waals surface area contributed by atoms with E-state index in [0.717, 1.165) is 50.0 Å². The van der Waals surface area contributed by atoms with Crippen molar-refractivity contribution in [3.05, 3.63) is 69.7 Å². The molecule has 2 aromatic rings. The molecule has 1 saturated carbocycles. The molecule has 5 heteroatoms. The SMILES string of the molecule is CN1Cc2cc(Br)ccc2C2(CNCC2C(=O)N2CCC(c3ccccc3)CC2C2CCCCC2)C1. The van der Waals surface area contributed by atoms with Gasteiger partial charge in [-0.3, -0.25) is 4.79 Å². The predicted molar refractivity (Wildman–Crippen MR) is 149 cm³/mol. The highest BCUT2D eigenvalue weighted by molar-refractivity contribution is 9.10. The Balaban J connectivity index is 1.32. The summed E-state index contributed by atoms with van der Waals surface area (Å²) in [6.07, 6.45) is 8.76. The number of amides is 1. The van der Waals surface area contributed by atoms with Crippen LogP contribution in [0.2, 0.25) is 0 Å². The van der Waals surface area contributed by atoms with Crippen LogP contribution >= 0.6 is 15.9 Å². The summed E-state index contributed by atoms with van der Waals surface area (Å²) in [7, 11) is 2.21. The van der Waals surface area contributed by atoms with E-state index in [2.05, 4.69) is 86.6 Å². The van der Waals surface area contributed by atoms with Gasteiger partial charge in [-0.1, -0.05) is 71.6 Å². The number of fused-ring (bicyclic) bond motifs is 2. The van der Waals surface area contributed by atoms with Gasteiger partial charge in [0.05, 0.1) is 5.92 Å². The third-order valence-electron chi connectivity index (χ3n) is 9.74. The lowest BCUT2D eigenvalue weighted by atomic mass is 9.67. The minimum absolute atomic E-state index is 0.000425. The van der Waals surface area contributed by atoms with Crippen LogP contribution in [0.5, 0.6) is 0 Å². The highest BCUT2D eigenvalue weighted by Gasteiger charge is 2.53. The maximum Gasteiger partial charge on any atom is 0.228 e. The Labute approximate surface area is 224 Å². The van der Waals surface area contributed by atoms with Crippen LogP contribution in [-0.2, 0) is 16.8 Å². The molecule has 0 radical (unpaired) electrons. The number of carbonyl (C=O) groups excluding carboxylic acids is 1. The Hall–Kier alpha value is -1.69. The van der Waals surface area contributed by atoms with Crippen LogP contribution in [0, 0.1) is 11.8 Å². The molecule has 0 bridgehead atoms. The first-order chi connectivity index (χ1) is 17.5. The number of rotatable bonds is 3. The summed E-state index contributed by atoms with van der Waals surface area (Å²) >= 11 is 3.68. The zero-order valence-corrected chi connectivity index (χ0v) is 23.2. The fraction of sp³-hybridized carbons (Fsp3) is 0.581. The molecule has 1 spiro atoms. The van der Waals surface area contributed by atoms with Gasteiger partial charge in [0.1, 0.15) is 0 Å². The van der Waals surface area contributed by atoms with Crippen LogP contribution in [0.15, 0.2) is 53.0 Å². The summed E-state index contributed by atoms with van der Waals surface area (Å²) in [6.45, 7) is 4.47. The molecule has 4 nitrogen and oxygen atoms in total. The molecule has 2 saturated heterocycles. The molecular formula is C31H40BrN3O. The molecule has 1 amide bonds. The number of halogens is 1. The molecule has 4 unspecified atom stereocenters. The lowest BCUT2D eigenvalue weighted by molar-refractivity contribution is -0.143. The van der Waals surface area contributed by atoms with Crippen molar-refractivity contribution >= 4 is 21.8 Å². The van der Waals surface area contributed by atoms with Gasteiger partial charge < -0.3 is 15.1 Å². The quantitative estimate of drug-likeness (QED) is 0.532. The molecule has 3 aliphatic heterocycles. The van der Waals surface area contributed by atoms with Crippen LogP contribution in [0.1, 0.15) is 67.6 Å². The fourth-order valence-corrected chi connectivity index (χ4v) is 8.50. The van der Waals surface area contributed by atoms with Gasteiger partial charge in [0.2, 0.25) is 5.91 Å². The second-order valence-electron chi connectivity index (χ2n) is 11.9. The van der Waals surface area contributed by atoms with E-state index in [-0.39, 0.29) is 11.3 Å². The number of hydrogen-bond donors (Lipinski definition) is 1. The largest absolute Gasteiger partial charge is 0.339 e. The predicted octanol–water partition coefficient (Wildman–Crippen LogP) is 5.71. The number of likely N-dealkylation sites (tertiary alicyclic amines) is 1. The monoisotopic (exact) mass is 549 g/mol. The normalized spacial score (nSPS) is 31.5. The second-order valence-corrected chi connectivity index (χ2v) is 12.9. The Morgan fingerprint density at radius 3 is 2.67 bits per heavy atom. The van der Waals surface area contributed by atoms with E-state index >= 15 is 0 Å². The van der Waals surface area contributed by atoms with E-state index < -0.39 is 0 Å². The summed E-state index contributed by atoms with van der Waals surface area (Å²) in [5.74, 6) is 1.62. The molecule has 36 heavy (non-hydrogen) atoms. The number of likely N-dealkylation sites (N-methyl/N-ethyl adjacent to an activating group) is 1. The van der Waals surface area contributed by atoms with E-state index in [4.69, 9.17) is 0 Å². The Morgan fingerprint density at radius 1 is 1.06 bits per heavy atom. The van der Waals surface area contributed by atoms with Crippen LogP contribution in [0.4, 0.5) is 0 Å². The van der Waals surface area contributed by atoms with Crippen LogP contribution in [0.25, 0.3) is 0 Å². The van der Waals surface area contributed by atoms with Gasteiger partial charge >= 0.3 is 0 Å². The van der Waals surface area contributed by atoms with Crippen molar-refractivity contribution in [1.29, 1.82) is 0 Å². The first kappa shape index (κ1) is 24.6. The highest BCUT2D eigenvalue weighted by atomic mass is 79.9. The van der Waals surface area contributed by atoms with Gasteiger partial charge in [-0.15, -0.1) is 0 Å². The Bertz CT molecular complexity index is 1080. The Kier molecular flexibility index (Phi) is 7.00. The van der Waals surface area contributed by atoms with Gasteiger partial charge in [0.25, 0.3) is 0 Å². The van der Waals surface area contributed by atoms with E-state index in [0.29, 0.717) is 23.8 Å². The maximum atomic E-state index is 14.6. The van der Waals surface area contributed by atoms with Gasteiger partial charge in [-0.05, 0) is 73.4 Å². The zero-order chi connectivity index (χ0) is 24.7. The van der Waals surface area contributed by atoms with Crippen molar-refractivity contribution in [3.63, 3.8) is 0 Å². The topological polar surface area (TPSA) is 35.6 Å². The molecule has 6 rings (SSSR count). The summed E-state index contributed by atoms with van der Waals surface area (Å²) < 4.78 is 1.13. The average Bonchev–Trinajstić information content (AvgIpc) is 3.32. The zero-order valence-electron chi connectivity index (χ0n) is 21.6. The van der Waals surface area contributed by atoms with Gasteiger partial charge in [-0.2, -0.15) is 0 Å². The molecular weight excluding hydrogens is 510 g/mol. The van der Waals surface area contributed by atoms with E-state index in [1.807, 2.05) is 0 Å². The molecule has 4 atom stereocenters. The van der Waals surface area contributed by atoms with Crippen molar-refractivity contribution in [1.82, 2.24) is 15.1 Å². The van der Waals surface area contributed by atoms with E-state index in [9.17, 15) is 4.79 Å². The second kappa shape index (κ2) is 10.2. The van der Waals surface area contributed by atoms with E-state index in [1.54, 1.807) is 0 Å². The molecule has 192 valence electrons. The van der Waals surface area contributed by atoms with E-state index in [1.165, 1.54) is 48.8 Å². The number of nitrogens with one attached hydrogen (secondary N) is 1. The minimum atomic E-state index is -0.145. The third kappa shape index (κ3) is 4.46. The first-order valence-corrected chi connectivity index (χ1v) is 14.9. The summed E-state index contributed by atoms with van der Waals surface area (Å²) in [4.78, 5) is 19.4. The summed E-state index contributed by atoms with van der Waals surface area (Å²) in [6, 6.07) is 18.2. The van der Waals surface area contributed by atoms with Gasteiger partial charge in [-0.25, -0.2) is 0 Å². The number of nitrogens with zero attached hydrogens (tertiary/aromatic N) is 2. The molecule has 0 aromatic heterocycles. The lowest BCUT2D eigenvalue weighted by Crippen LogP contribution is -2.57.